The Morgan fingerprint density at radius 2 is 2.35 bits per heavy atom. The first-order chi connectivity index (χ1) is 7.66. The average molecular weight is 258 g/mol. The van der Waals surface area contributed by atoms with Gasteiger partial charge in [0, 0.05) is 13.1 Å². The van der Waals surface area contributed by atoms with Gasteiger partial charge in [0.15, 0.2) is 0 Å². The van der Waals surface area contributed by atoms with Gasteiger partial charge < -0.3 is 15.4 Å². The summed E-state index contributed by atoms with van der Waals surface area (Å²) < 4.78 is 5.38. The molecule has 1 aromatic rings. The minimum Gasteiger partial charge on any atom is -0.384 e. The van der Waals surface area contributed by atoms with E-state index in [1.165, 1.54) is 0 Å². The van der Waals surface area contributed by atoms with Crippen molar-refractivity contribution in [1.82, 2.24) is 9.88 Å². The molecule has 2 N–H and O–H groups in total. The van der Waals surface area contributed by atoms with E-state index in [1.54, 1.807) is 23.1 Å². The van der Waals surface area contributed by atoms with Crippen molar-refractivity contribution in [2.24, 2.45) is 0 Å². The number of pyridine rings is 1. The number of ether oxygens (including phenoxy) is 1. The van der Waals surface area contributed by atoms with Crippen molar-refractivity contribution in [2.75, 3.05) is 25.4 Å². The Hall–Kier alpha value is -1.33. The van der Waals surface area contributed by atoms with Gasteiger partial charge in [0.1, 0.15) is 11.5 Å². The number of carbonyl (C=O) groups is 1. The summed E-state index contributed by atoms with van der Waals surface area (Å²) >= 11 is 0. The van der Waals surface area contributed by atoms with E-state index in [1.807, 2.05) is 6.92 Å². The molecule has 0 bridgehead atoms. The Morgan fingerprint density at radius 3 is 3.00 bits per heavy atom. The van der Waals surface area contributed by atoms with Crippen LogP contribution < -0.4 is 5.73 Å². The van der Waals surface area contributed by atoms with E-state index in [0.29, 0.717) is 31.2 Å². The molecule has 1 aliphatic heterocycles. The van der Waals surface area contributed by atoms with E-state index in [0.717, 1.165) is 0 Å². The molecule has 2 rings (SSSR count). The van der Waals surface area contributed by atoms with Gasteiger partial charge in [-0.3, -0.25) is 4.79 Å². The zero-order valence-corrected chi connectivity index (χ0v) is 10.4. The minimum atomic E-state index is -0.0811. The Labute approximate surface area is 106 Å². The van der Waals surface area contributed by atoms with Gasteiger partial charge in [0.2, 0.25) is 0 Å². The van der Waals surface area contributed by atoms with Crippen LogP contribution in [0.1, 0.15) is 17.4 Å². The van der Waals surface area contributed by atoms with E-state index >= 15 is 0 Å². The third kappa shape index (κ3) is 3.31. The van der Waals surface area contributed by atoms with Crippen molar-refractivity contribution < 1.29 is 9.53 Å². The van der Waals surface area contributed by atoms with Gasteiger partial charge in [-0.1, -0.05) is 6.07 Å². The molecule has 0 radical (unpaired) electrons. The van der Waals surface area contributed by atoms with Crippen molar-refractivity contribution in [3.05, 3.63) is 23.9 Å². The Kier molecular flexibility index (Phi) is 4.72. The number of amides is 1. The fraction of sp³-hybridized carbons (Fsp3) is 0.455. The Bertz CT molecular complexity index is 400. The maximum absolute atomic E-state index is 12.0. The van der Waals surface area contributed by atoms with Crippen LogP contribution in [-0.2, 0) is 4.74 Å². The number of anilines is 1. The number of nitrogens with two attached hydrogens (primary N) is 1. The van der Waals surface area contributed by atoms with Crippen molar-refractivity contribution in [3.63, 3.8) is 0 Å². The normalized spacial score (nSPS) is 19.6. The second-order valence-electron chi connectivity index (χ2n) is 3.88. The highest BCUT2D eigenvalue weighted by Crippen LogP contribution is 2.09. The number of nitrogens with zero attached hydrogens (tertiary/aromatic N) is 2. The van der Waals surface area contributed by atoms with E-state index in [2.05, 4.69) is 4.98 Å². The van der Waals surface area contributed by atoms with Crippen LogP contribution in [0.2, 0.25) is 0 Å². The number of halogens is 1. The smallest absolute Gasteiger partial charge is 0.272 e. The molecule has 1 saturated heterocycles. The number of aromatic nitrogens is 1. The van der Waals surface area contributed by atoms with Crippen molar-refractivity contribution >= 4 is 24.1 Å². The first kappa shape index (κ1) is 13.7. The summed E-state index contributed by atoms with van der Waals surface area (Å²) in [6, 6.07) is 5.08. The maximum Gasteiger partial charge on any atom is 0.272 e. The summed E-state index contributed by atoms with van der Waals surface area (Å²) in [6.45, 7) is 3.75. The van der Waals surface area contributed by atoms with Gasteiger partial charge in [-0.15, -0.1) is 12.4 Å². The van der Waals surface area contributed by atoms with Crippen molar-refractivity contribution in [3.8, 4) is 0 Å². The molecule has 1 fully saturated rings. The van der Waals surface area contributed by atoms with E-state index in [9.17, 15) is 4.79 Å². The van der Waals surface area contributed by atoms with Crippen LogP contribution in [-0.4, -0.2) is 41.6 Å². The van der Waals surface area contributed by atoms with Crippen LogP contribution in [0, 0.1) is 0 Å². The molecule has 17 heavy (non-hydrogen) atoms. The SMILES string of the molecule is CC1CN(C(=O)c2cccc(N)n2)CCO1.Cl. The highest BCUT2D eigenvalue weighted by atomic mass is 35.5. The molecular formula is C11H16ClN3O2. The van der Waals surface area contributed by atoms with E-state index in [-0.39, 0.29) is 24.4 Å². The Balaban J connectivity index is 0.00000144. The van der Waals surface area contributed by atoms with Crippen LogP contribution >= 0.6 is 12.4 Å². The Morgan fingerprint density at radius 1 is 1.59 bits per heavy atom. The largest absolute Gasteiger partial charge is 0.384 e. The molecule has 1 amide bonds. The molecule has 1 aliphatic rings. The predicted octanol–water partition coefficient (Wildman–Crippen LogP) is 0.946. The van der Waals surface area contributed by atoms with Crippen LogP contribution in [0.4, 0.5) is 5.82 Å². The van der Waals surface area contributed by atoms with E-state index < -0.39 is 0 Å². The lowest BCUT2D eigenvalue weighted by Crippen LogP contribution is -2.44. The average Bonchev–Trinajstić information content (AvgIpc) is 2.28. The topological polar surface area (TPSA) is 68.5 Å². The molecule has 0 aromatic carbocycles. The summed E-state index contributed by atoms with van der Waals surface area (Å²) in [7, 11) is 0. The summed E-state index contributed by atoms with van der Waals surface area (Å²) in [4.78, 5) is 17.8. The molecule has 1 atom stereocenters. The van der Waals surface area contributed by atoms with Gasteiger partial charge in [-0.2, -0.15) is 0 Å². The first-order valence-electron chi connectivity index (χ1n) is 5.30. The second-order valence-corrected chi connectivity index (χ2v) is 3.88. The van der Waals surface area contributed by atoms with Crippen LogP contribution in [0.25, 0.3) is 0 Å². The van der Waals surface area contributed by atoms with Crippen LogP contribution in [0.3, 0.4) is 0 Å². The van der Waals surface area contributed by atoms with Gasteiger partial charge >= 0.3 is 0 Å². The molecule has 5 nitrogen and oxygen atoms in total. The molecule has 94 valence electrons. The van der Waals surface area contributed by atoms with Gasteiger partial charge in [-0.05, 0) is 19.1 Å². The summed E-state index contributed by atoms with van der Waals surface area (Å²) in [5, 5.41) is 0. The molecular weight excluding hydrogens is 242 g/mol. The lowest BCUT2D eigenvalue weighted by atomic mass is 10.2. The van der Waals surface area contributed by atoms with Gasteiger partial charge in [-0.25, -0.2) is 4.98 Å². The van der Waals surface area contributed by atoms with Crippen LogP contribution in [0.15, 0.2) is 18.2 Å². The summed E-state index contributed by atoms with van der Waals surface area (Å²) in [5.41, 5.74) is 5.94. The number of nitrogen functional groups attached to an aromatic ring is 1. The third-order valence-electron chi connectivity index (χ3n) is 2.52. The quantitative estimate of drug-likeness (QED) is 0.813. The first-order valence-corrected chi connectivity index (χ1v) is 5.30. The number of morpholine rings is 1. The summed E-state index contributed by atoms with van der Waals surface area (Å²) in [5.74, 6) is 0.287. The maximum atomic E-state index is 12.0. The molecule has 2 heterocycles. The molecule has 1 aromatic heterocycles. The molecule has 1 unspecified atom stereocenters. The highest BCUT2D eigenvalue weighted by molar-refractivity contribution is 5.92. The predicted molar refractivity (Wildman–Crippen MR) is 67.2 cm³/mol. The zero-order chi connectivity index (χ0) is 11.5. The van der Waals surface area contributed by atoms with Gasteiger partial charge in [0.05, 0.1) is 12.7 Å². The van der Waals surface area contributed by atoms with Crippen molar-refractivity contribution in [2.45, 2.75) is 13.0 Å². The third-order valence-corrected chi connectivity index (χ3v) is 2.52. The fourth-order valence-corrected chi connectivity index (χ4v) is 1.74. The number of hydrogen-bond donors (Lipinski definition) is 1. The number of hydrogen-bond acceptors (Lipinski definition) is 4. The molecule has 0 saturated carbocycles. The number of carbonyl (C=O) groups excluding carboxylic acids is 1. The lowest BCUT2D eigenvalue weighted by molar-refractivity contribution is -0.0126. The fourth-order valence-electron chi connectivity index (χ4n) is 1.74. The molecule has 0 spiro atoms. The highest BCUT2D eigenvalue weighted by Gasteiger charge is 2.23. The molecule has 6 heteroatoms. The second kappa shape index (κ2) is 5.84. The minimum absolute atomic E-state index is 0. The monoisotopic (exact) mass is 257 g/mol. The van der Waals surface area contributed by atoms with Gasteiger partial charge in [0.25, 0.3) is 5.91 Å². The standard InChI is InChI=1S/C11H15N3O2.ClH/c1-8-7-14(5-6-16-8)11(15)9-3-2-4-10(12)13-9;/h2-4,8H,5-7H2,1H3,(H2,12,13);1H. The lowest BCUT2D eigenvalue weighted by Gasteiger charge is -2.30. The zero-order valence-electron chi connectivity index (χ0n) is 9.63. The van der Waals surface area contributed by atoms with Crippen molar-refractivity contribution in [1.29, 1.82) is 0 Å². The number of rotatable bonds is 1. The molecule has 0 aliphatic carbocycles. The van der Waals surface area contributed by atoms with E-state index in [4.69, 9.17) is 10.5 Å². The summed E-state index contributed by atoms with van der Waals surface area (Å²) in [6.07, 6.45) is 0.0822. The van der Waals surface area contributed by atoms with Crippen LogP contribution in [0.5, 0.6) is 0 Å².